The lowest BCUT2D eigenvalue weighted by molar-refractivity contribution is -0.136. The maximum atomic E-state index is 13.3. The molecule has 0 spiro atoms. The summed E-state index contributed by atoms with van der Waals surface area (Å²) in [5.74, 6) is 1.97. The number of thioether (sulfide) groups is 2. The van der Waals surface area contributed by atoms with Gasteiger partial charge in [0.25, 0.3) is 5.91 Å². The molecule has 4 rings (SSSR count). The molecule has 6 heteroatoms. The standard InChI is InChI=1S/C17H20N2O2S2/c1-17-8-7-15(20)19(17)13(11-23-17)16(21)18-9-4-10-22-14-6-3-2-5-12(14)18/h2-3,5-6,13H,4,7-11H2,1H3. The lowest BCUT2D eigenvalue weighted by atomic mass is 10.1. The van der Waals surface area contributed by atoms with Crippen molar-refractivity contribution in [2.75, 3.05) is 23.0 Å². The predicted octanol–water partition coefficient (Wildman–Crippen LogP) is 2.97. The molecule has 1 aromatic rings. The molecule has 2 amide bonds. The molecule has 0 bridgehead atoms. The number of hydrogen-bond donors (Lipinski definition) is 0. The zero-order chi connectivity index (χ0) is 16.0. The zero-order valence-corrected chi connectivity index (χ0v) is 14.8. The molecular formula is C17H20N2O2S2. The predicted molar refractivity (Wildman–Crippen MR) is 94.9 cm³/mol. The Balaban J connectivity index is 1.66. The Morgan fingerprint density at radius 1 is 1.35 bits per heavy atom. The Labute approximate surface area is 145 Å². The van der Waals surface area contributed by atoms with Crippen molar-refractivity contribution in [2.45, 2.75) is 42.0 Å². The fourth-order valence-electron chi connectivity index (χ4n) is 3.74. The third-order valence-corrected chi connectivity index (χ3v) is 7.59. The van der Waals surface area contributed by atoms with Crippen LogP contribution >= 0.6 is 23.5 Å². The van der Waals surface area contributed by atoms with Crippen LogP contribution in [-0.4, -0.2) is 45.7 Å². The fourth-order valence-corrected chi connectivity index (χ4v) is 6.16. The first-order valence-corrected chi connectivity index (χ1v) is 10.1. The van der Waals surface area contributed by atoms with E-state index in [2.05, 4.69) is 13.0 Å². The summed E-state index contributed by atoms with van der Waals surface area (Å²) in [6, 6.07) is 7.81. The van der Waals surface area contributed by atoms with E-state index in [-0.39, 0.29) is 22.7 Å². The summed E-state index contributed by atoms with van der Waals surface area (Å²) in [6.07, 6.45) is 2.41. The highest BCUT2D eigenvalue weighted by atomic mass is 32.2. The van der Waals surface area contributed by atoms with Gasteiger partial charge in [-0.15, -0.1) is 23.5 Å². The van der Waals surface area contributed by atoms with E-state index in [0.717, 1.165) is 30.8 Å². The van der Waals surface area contributed by atoms with Crippen molar-refractivity contribution >= 4 is 41.0 Å². The average Bonchev–Trinajstić information content (AvgIpc) is 2.94. The number of amides is 2. The van der Waals surface area contributed by atoms with Crippen molar-refractivity contribution in [3.05, 3.63) is 24.3 Å². The second-order valence-electron chi connectivity index (χ2n) is 6.43. The van der Waals surface area contributed by atoms with Gasteiger partial charge in [0.15, 0.2) is 0 Å². The highest BCUT2D eigenvalue weighted by molar-refractivity contribution is 8.01. The molecule has 1 aromatic carbocycles. The minimum absolute atomic E-state index is 0.0893. The van der Waals surface area contributed by atoms with E-state index in [9.17, 15) is 9.59 Å². The van der Waals surface area contributed by atoms with Gasteiger partial charge >= 0.3 is 0 Å². The van der Waals surface area contributed by atoms with Crippen molar-refractivity contribution in [3.8, 4) is 0 Å². The first-order chi connectivity index (χ1) is 11.1. The molecule has 122 valence electrons. The average molecular weight is 348 g/mol. The highest BCUT2D eigenvalue weighted by Crippen LogP contribution is 2.48. The van der Waals surface area contributed by atoms with E-state index in [1.54, 1.807) is 11.8 Å². The highest BCUT2D eigenvalue weighted by Gasteiger charge is 2.53. The van der Waals surface area contributed by atoms with Gasteiger partial charge in [0.1, 0.15) is 6.04 Å². The Bertz CT molecular complexity index is 666. The van der Waals surface area contributed by atoms with Gasteiger partial charge in [0.05, 0.1) is 10.6 Å². The van der Waals surface area contributed by atoms with Crippen LogP contribution < -0.4 is 4.90 Å². The molecule has 3 aliphatic rings. The minimum Gasteiger partial charge on any atom is -0.315 e. The molecule has 23 heavy (non-hydrogen) atoms. The summed E-state index contributed by atoms with van der Waals surface area (Å²) >= 11 is 3.57. The number of para-hydroxylation sites is 1. The molecule has 2 atom stereocenters. The summed E-state index contributed by atoms with van der Waals surface area (Å²) in [5.41, 5.74) is 1.00. The minimum atomic E-state index is -0.309. The molecular weight excluding hydrogens is 328 g/mol. The van der Waals surface area contributed by atoms with Crippen LogP contribution in [0.5, 0.6) is 0 Å². The number of benzene rings is 1. The number of fused-ring (bicyclic) bond motifs is 2. The van der Waals surface area contributed by atoms with Gasteiger partial charge in [-0.2, -0.15) is 0 Å². The van der Waals surface area contributed by atoms with E-state index in [0.29, 0.717) is 12.2 Å². The molecule has 0 aromatic heterocycles. The maximum Gasteiger partial charge on any atom is 0.250 e. The third-order valence-electron chi connectivity index (χ3n) is 4.94. The lowest BCUT2D eigenvalue weighted by Gasteiger charge is -2.33. The summed E-state index contributed by atoms with van der Waals surface area (Å²) in [6.45, 7) is 2.84. The maximum absolute atomic E-state index is 13.3. The first-order valence-electron chi connectivity index (χ1n) is 8.09. The van der Waals surface area contributed by atoms with Crippen molar-refractivity contribution in [1.29, 1.82) is 0 Å². The Morgan fingerprint density at radius 3 is 3.04 bits per heavy atom. The van der Waals surface area contributed by atoms with E-state index >= 15 is 0 Å². The second kappa shape index (κ2) is 5.74. The molecule has 2 unspecified atom stereocenters. The van der Waals surface area contributed by atoms with Gasteiger partial charge in [-0.3, -0.25) is 9.59 Å². The van der Waals surface area contributed by atoms with Crippen LogP contribution in [0.3, 0.4) is 0 Å². The van der Waals surface area contributed by atoms with Crippen molar-refractivity contribution in [2.24, 2.45) is 0 Å². The molecule has 3 aliphatic heterocycles. The van der Waals surface area contributed by atoms with Gasteiger partial charge in [0.2, 0.25) is 5.91 Å². The summed E-state index contributed by atoms with van der Waals surface area (Å²) in [5, 5.41) is 0. The second-order valence-corrected chi connectivity index (χ2v) is 9.06. The van der Waals surface area contributed by atoms with Crippen molar-refractivity contribution in [1.82, 2.24) is 4.90 Å². The van der Waals surface area contributed by atoms with E-state index in [1.165, 1.54) is 4.90 Å². The number of nitrogens with zero attached hydrogens (tertiary/aromatic N) is 2. The van der Waals surface area contributed by atoms with Gasteiger partial charge in [0, 0.05) is 23.6 Å². The molecule has 0 N–H and O–H groups in total. The van der Waals surface area contributed by atoms with E-state index in [4.69, 9.17) is 0 Å². The van der Waals surface area contributed by atoms with Crippen LogP contribution in [-0.2, 0) is 9.59 Å². The van der Waals surface area contributed by atoms with Gasteiger partial charge in [-0.05, 0) is 37.7 Å². The first kappa shape index (κ1) is 15.4. The van der Waals surface area contributed by atoms with E-state index in [1.807, 2.05) is 39.8 Å². The van der Waals surface area contributed by atoms with Crippen molar-refractivity contribution in [3.63, 3.8) is 0 Å². The fraction of sp³-hybridized carbons (Fsp3) is 0.529. The van der Waals surface area contributed by atoms with Gasteiger partial charge in [-0.25, -0.2) is 0 Å². The summed E-state index contributed by atoms with van der Waals surface area (Å²) in [7, 11) is 0. The molecule has 0 radical (unpaired) electrons. The normalized spacial score (nSPS) is 30.1. The molecule has 4 nitrogen and oxygen atoms in total. The quantitative estimate of drug-likeness (QED) is 0.782. The van der Waals surface area contributed by atoms with Crippen molar-refractivity contribution < 1.29 is 9.59 Å². The largest absolute Gasteiger partial charge is 0.315 e. The van der Waals surface area contributed by atoms with Gasteiger partial charge in [-0.1, -0.05) is 12.1 Å². The Morgan fingerprint density at radius 2 is 2.17 bits per heavy atom. The van der Waals surface area contributed by atoms with Crippen LogP contribution in [0.25, 0.3) is 0 Å². The molecule has 2 fully saturated rings. The van der Waals surface area contributed by atoms with Crippen LogP contribution in [0.1, 0.15) is 26.2 Å². The Hall–Kier alpha value is -1.14. The SMILES string of the molecule is CC12CCC(=O)N1C(C(=O)N1CCCSc3ccccc31)CS2. The molecule has 0 saturated carbocycles. The zero-order valence-electron chi connectivity index (χ0n) is 13.2. The van der Waals surface area contributed by atoms with Crippen LogP contribution in [0.15, 0.2) is 29.2 Å². The number of hydrogen-bond acceptors (Lipinski definition) is 4. The molecule has 3 heterocycles. The monoisotopic (exact) mass is 348 g/mol. The number of anilines is 1. The number of carbonyl (C=O) groups excluding carboxylic acids is 2. The van der Waals surface area contributed by atoms with Crippen LogP contribution in [0.4, 0.5) is 5.69 Å². The Kier molecular flexibility index (Phi) is 3.84. The lowest BCUT2D eigenvalue weighted by Crippen LogP contribution is -2.51. The number of rotatable bonds is 1. The molecule has 0 aliphatic carbocycles. The van der Waals surface area contributed by atoms with Gasteiger partial charge < -0.3 is 9.80 Å². The van der Waals surface area contributed by atoms with Crippen LogP contribution in [0.2, 0.25) is 0 Å². The molecule has 2 saturated heterocycles. The third kappa shape index (κ3) is 2.47. The smallest absolute Gasteiger partial charge is 0.250 e. The van der Waals surface area contributed by atoms with E-state index < -0.39 is 0 Å². The summed E-state index contributed by atoms with van der Waals surface area (Å²) in [4.78, 5) is 30.3. The topological polar surface area (TPSA) is 40.6 Å². The number of carbonyl (C=O) groups is 2. The summed E-state index contributed by atoms with van der Waals surface area (Å²) < 4.78 is 0. The van der Waals surface area contributed by atoms with Crippen LogP contribution in [0, 0.1) is 0 Å².